The van der Waals surface area contributed by atoms with Crippen molar-refractivity contribution < 1.29 is 9.59 Å². The fourth-order valence-electron chi connectivity index (χ4n) is 1.90. The summed E-state index contributed by atoms with van der Waals surface area (Å²) in [5.74, 6) is 0.155. The number of carbonyl (C=O) groups is 2. The van der Waals surface area contributed by atoms with E-state index in [0.29, 0.717) is 12.8 Å². The van der Waals surface area contributed by atoms with Crippen LogP contribution in [0.5, 0.6) is 0 Å². The predicted molar refractivity (Wildman–Crippen MR) is 53.9 cm³/mol. The molecule has 0 N–H and O–H groups in total. The molecular weight excluding hydrogens is 180 g/mol. The molecule has 1 fully saturated rings. The van der Waals surface area contributed by atoms with Gasteiger partial charge in [0.2, 0.25) is 5.91 Å². The maximum absolute atomic E-state index is 11.5. The second-order valence-corrected chi connectivity index (χ2v) is 4.45. The first kappa shape index (κ1) is 11.2. The van der Waals surface area contributed by atoms with Crippen molar-refractivity contribution in [2.24, 2.45) is 5.92 Å². The summed E-state index contributed by atoms with van der Waals surface area (Å²) in [4.78, 5) is 26.0. The maximum atomic E-state index is 11.5. The molecule has 4 heteroatoms. The third-order valence-electron chi connectivity index (χ3n) is 3.10. The minimum Gasteiger partial charge on any atom is -0.349 e. The number of rotatable bonds is 3. The Kier molecular flexibility index (Phi) is 2.95. The third kappa shape index (κ3) is 1.66. The Balaban J connectivity index is 2.57. The highest BCUT2D eigenvalue weighted by molar-refractivity contribution is 5.83. The van der Waals surface area contributed by atoms with Crippen molar-refractivity contribution in [3.63, 3.8) is 0 Å². The van der Waals surface area contributed by atoms with E-state index in [4.69, 9.17) is 0 Å². The first-order valence-electron chi connectivity index (χ1n) is 4.78. The molecule has 14 heavy (non-hydrogen) atoms. The summed E-state index contributed by atoms with van der Waals surface area (Å²) < 4.78 is 0. The molecule has 0 unspecified atom stereocenters. The van der Waals surface area contributed by atoms with E-state index in [1.165, 1.54) is 0 Å². The van der Waals surface area contributed by atoms with E-state index in [1.54, 1.807) is 19.0 Å². The quantitative estimate of drug-likeness (QED) is 0.599. The minimum atomic E-state index is -0.393. The molecule has 0 aromatic heterocycles. The second-order valence-electron chi connectivity index (χ2n) is 4.45. The Labute approximate surface area is 84.9 Å². The topological polar surface area (TPSA) is 40.6 Å². The summed E-state index contributed by atoms with van der Waals surface area (Å²) >= 11 is 0. The van der Waals surface area contributed by atoms with E-state index in [0.717, 1.165) is 6.29 Å². The molecule has 1 saturated carbocycles. The number of nitrogens with zero attached hydrogens (tertiary/aromatic N) is 2. The molecular formula is C10H18N2O2. The standard InChI is InChI=1S/C10H18N2O2/c1-11(2)9(14)8-5-10(6-8,7-13)12(3)4/h7-8H,5-6H2,1-4H3. The van der Waals surface area contributed by atoms with Gasteiger partial charge in [-0.25, -0.2) is 0 Å². The van der Waals surface area contributed by atoms with E-state index in [2.05, 4.69) is 0 Å². The summed E-state index contributed by atoms with van der Waals surface area (Å²) in [5, 5.41) is 0. The van der Waals surface area contributed by atoms with Crippen LogP contribution in [-0.2, 0) is 9.59 Å². The van der Waals surface area contributed by atoms with Crippen LogP contribution in [0.15, 0.2) is 0 Å². The highest BCUT2D eigenvalue weighted by Gasteiger charge is 2.49. The Hall–Kier alpha value is -0.900. The molecule has 0 heterocycles. The summed E-state index contributed by atoms with van der Waals surface area (Å²) in [5.41, 5.74) is -0.393. The van der Waals surface area contributed by atoms with Crippen molar-refractivity contribution >= 4 is 12.2 Å². The summed E-state index contributed by atoms with van der Waals surface area (Å²) in [6.45, 7) is 0. The van der Waals surface area contributed by atoms with Crippen molar-refractivity contribution in [1.29, 1.82) is 0 Å². The molecule has 0 spiro atoms. The maximum Gasteiger partial charge on any atom is 0.225 e. The number of hydrogen-bond donors (Lipinski definition) is 0. The van der Waals surface area contributed by atoms with Crippen molar-refractivity contribution in [1.82, 2.24) is 9.80 Å². The third-order valence-corrected chi connectivity index (χ3v) is 3.10. The van der Waals surface area contributed by atoms with Crippen LogP contribution in [0.1, 0.15) is 12.8 Å². The van der Waals surface area contributed by atoms with Crippen LogP contribution in [0.3, 0.4) is 0 Å². The summed E-state index contributed by atoms with van der Waals surface area (Å²) in [6, 6.07) is 0. The average Bonchev–Trinajstić information content (AvgIpc) is 2.02. The van der Waals surface area contributed by atoms with Gasteiger partial charge in [0.1, 0.15) is 6.29 Å². The van der Waals surface area contributed by atoms with Crippen molar-refractivity contribution in [3.05, 3.63) is 0 Å². The SMILES string of the molecule is CN(C)C(=O)C1CC(C=O)(N(C)C)C1. The fraction of sp³-hybridized carbons (Fsp3) is 0.800. The van der Waals surface area contributed by atoms with Crippen LogP contribution < -0.4 is 0 Å². The lowest BCUT2D eigenvalue weighted by Crippen LogP contribution is -2.58. The van der Waals surface area contributed by atoms with Crippen molar-refractivity contribution in [2.75, 3.05) is 28.2 Å². The van der Waals surface area contributed by atoms with E-state index in [-0.39, 0.29) is 11.8 Å². The Morgan fingerprint density at radius 3 is 2.07 bits per heavy atom. The zero-order valence-electron chi connectivity index (χ0n) is 9.28. The normalized spacial score (nSPS) is 31.1. The summed E-state index contributed by atoms with van der Waals surface area (Å²) in [7, 11) is 7.26. The number of amides is 1. The predicted octanol–water partition coefficient (Wildman–Crippen LogP) is -0.0161. The van der Waals surface area contributed by atoms with Crippen molar-refractivity contribution in [3.8, 4) is 0 Å². The largest absolute Gasteiger partial charge is 0.349 e. The number of likely N-dealkylation sites (N-methyl/N-ethyl adjacent to an activating group) is 1. The van der Waals surface area contributed by atoms with Crippen LogP contribution in [0.25, 0.3) is 0 Å². The van der Waals surface area contributed by atoms with Crippen LogP contribution in [0.2, 0.25) is 0 Å². The summed E-state index contributed by atoms with van der Waals surface area (Å²) in [6.07, 6.45) is 2.27. The lowest BCUT2D eigenvalue weighted by molar-refractivity contribution is -0.144. The van der Waals surface area contributed by atoms with Gasteiger partial charge in [0.25, 0.3) is 0 Å². The molecule has 0 atom stereocenters. The molecule has 1 aliphatic carbocycles. The van der Waals surface area contributed by atoms with Crippen LogP contribution >= 0.6 is 0 Å². The molecule has 4 nitrogen and oxygen atoms in total. The highest BCUT2D eigenvalue weighted by Crippen LogP contribution is 2.40. The van der Waals surface area contributed by atoms with Crippen LogP contribution in [0.4, 0.5) is 0 Å². The molecule has 0 aliphatic heterocycles. The minimum absolute atomic E-state index is 0.0256. The van der Waals surface area contributed by atoms with Crippen LogP contribution in [0, 0.1) is 5.92 Å². The van der Waals surface area contributed by atoms with Gasteiger partial charge < -0.3 is 9.69 Å². The van der Waals surface area contributed by atoms with Gasteiger partial charge >= 0.3 is 0 Å². The Bertz CT molecular complexity index is 243. The molecule has 1 amide bonds. The zero-order valence-corrected chi connectivity index (χ0v) is 9.28. The Morgan fingerprint density at radius 1 is 1.29 bits per heavy atom. The lowest BCUT2D eigenvalue weighted by Gasteiger charge is -2.47. The number of carbonyl (C=O) groups excluding carboxylic acids is 2. The van der Waals surface area contributed by atoms with Gasteiger partial charge in [-0.1, -0.05) is 0 Å². The molecule has 1 aliphatic rings. The first-order chi connectivity index (χ1) is 6.43. The van der Waals surface area contributed by atoms with Gasteiger partial charge in [-0.05, 0) is 26.9 Å². The lowest BCUT2D eigenvalue weighted by atomic mass is 9.68. The van der Waals surface area contributed by atoms with Gasteiger partial charge in [-0.15, -0.1) is 0 Å². The average molecular weight is 198 g/mol. The molecule has 0 radical (unpaired) electrons. The van der Waals surface area contributed by atoms with Gasteiger partial charge in [-0.3, -0.25) is 9.69 Å². The fourth-order valence-corrected chi connectivity index (χ4v) is 1.90. The van der Waals surface area contributed by atoms with E-state index < -0.39 is 5.54 Å². The van der Waals surface area contributed by atoms with Gasteiger partial charge in [-0.2, -0.15) is 0 Å². The number of aldehydes is 1. The molecule has 0 bridgehead atoms. The molecule has 80 valence electrons. The smallest absolute Gasteiger partial charge is 0.225 e. The molecule has 1 rings (SSSR count). The van der Waals surface area contributed by atoms with Crippen molar-refractivity contribution in [2.45, 2.75) is 18.4 Å². The van der Waals surface area contributed by atoms with E-state index >= 15 is 0 Å². The highest BCUT2D eigenvalue weighted by atomic mass is 16.2. The molecule has 0 aromatic rings. The van der Waals surface area contributed by atoms with Gasteiger partial charge in [0, 0.05) is 20.0 Å². The molecule has 0 saturated heterocycles. The first-order valence-corrected chi connectivity index (χ1v) is 4.78. The zero-order chi connectivity index (χ0) is 10.9. The van der Waals surface area contributed by atoms with Crippen LogP contribution in [-0.4, -0.2) is 55.7 Å². The Morgan fingerprint density at radius 2 is 1.79 bits per heavy atom. The van der Waals surface area contributed by atoms with E-state index in [9.17, 15) is 9.59 Å². The van der Waals surface area contributed by atoms with Gasteiger partial charge in [0.05, 0.1) is 5.54 Å². The molecule has 0 aromatic carbocycles. The second kappa shape index (κ2) is 3.69. The van der Waals surface area contributed by atoms with Gasteiger partial charge in [0.15, 0.2) is 0 Å². The monoisotopic (exact) mass is 198 g/mol. The van der Waals surface area contributed by atoms with E-state index in [1.807, 2.05) is 19.0 Å². The number of hydrogen-bond acceptors (Lipinski definition) is 3.